The molecule has 6 fully saturated rings. The molecule has 7 rings (SSSR count). The fraction of sp³-hybridized carbons (Fsp3) is 0.958. The van der Waals surface area contributed by atoms with Crippen LogP contribution in [-0.4, -0.2) is 191 Å². The zero-order valence-electron chi connectivity index (χ0n) is 40.0. The van der Waals surface area contributed by atoms with Gasteiger partial charge in [-0.25, -0.2) is 0 Å². The van der Waals surface area contributed by atoms with E-state index in [0.29, 0.717) is 25.7 Å². The standard InChI is InChI=1S/C48H82O18/c1-22(9-13-33(45(4,5)60)65-43-40(27(52)17-23(19-49)61-43)66-42-39(59)37(57)35(55)29(21-51)63-42)24-15-16-46(6)30-12-10-25-26(48(30,8)31(53)18-47(24,46)7)11-14-32(44(25,2)3)64-41-38(58)36(56)34(54)28(20-50)62-41/h10,22-24,26-43,49-60H,9,11-21H2,1-8H3/t22-,23+,24?,26?,27+,28-,29-,30?,31-,32+,33-,34-,35-,36+,37+,38-,39-,40-,41+,42+,43+,46+,47-,48+/m1/s1. The van der Waals surface area contributed by atoms with Crippen LogP contribution in [0.1, 0.15) is 113 Å². The maximum absolute atomic E-state index is 12.6. The van der Waals surface area contributed by atoms with Crippen molar-refractivity contribution in [2.75, 3.05) is 19.8 Å². The summed E-state index contributed by atoms with van der Waals surface area (Å²) in [6.07, 6.45) is -13.4. The van der Waals surface area contributed by atoms with Crippen molar-refractivity contribution in [2.24, 2.45) is 45.3 Å². The molecule has 24 atom stereocenters. The second-order valence-corrected chi connectivity index (χ2v) is 22.9. The van der Waals surface area contributed by atoms with Crippen molar-refractivity contribution in [3.8, 4) is 0 Å². The minimum absolute atomic E-state index is 0.0519. The van der Waals surface area contributed by atoms with Gasteiger partial charge in [0.1, 0.15) is 54.9 Å². The highest BCUT2D eigenvalue weighted by Crippen LogP contribution is 2.75. The van der Waals surface area contributed by atoms with E-state index in [1.54, 1.807) is 13.8 Å². The Balaban J connectivity index is 1.05. The highest BCUT2D eigenvalue weighted by Gasteiger charge is 2.70. The molecule has 0 spiro atoms. The van der Waals surface area contributed by atoms with E-state index in [9.17, 15) is 61.3 Å². The van der Waals surface area contributed by atoms with Crippen molar-refractivity contribution >= 4 is 0 Å². The number of hydrogen-bond acceptors (Lipinski definition) is 18. The smallest absolute Gasteiger partial charge is 0.187 e. The Morgan fingerprint density at radius 1 is 0.712 bits per heavy atom. The Morgan fingerprint density at radius 3 is 1.86 bits per heavy atom. The topological polar surface area (TPSA) is 298 Å². The minimum atomic E-state index is -1.74. The van der Waals surface area contributed by atoms with Gasteiger partial charge in [-0.2, -0.15) is 0 Å². The number of ether oxygens (including phenoxy) is 6. The predicted molar refractivity (Wildman–Crippen MR) is 234 cm³/mol. The molecule has 3 unspecified atom stereocenters. The van der Waals surface area contributed by atoms with E-state index >= 15 is 0 Å². The van der Waals surface area contributed by atoms with Crippen LogP contribution in [0.5, 0.6) is 0 Å². The normalized spacial score (nSPS) is 50.4. The van der Waals surface area contributed by atoms with Gasteiger partial charge in [0.2, 0.25) is 0 Å². The minimum Gasteiger partial charge on any atom is -0.394 e. The lowest BCUT2D eigenvalue weighted by Crippen LogP contribution is -2.65. The highest BCUT2D eigenvalue weighted by atomic mass is 16.8. The van der Waals surface area contributed by atoms with Crippen LogP contribution in [0.3, 0.4) is 0 Å². The molecule has 3 heterocycles. The monoisotopic (exact) mass is 947 g/mol. The average molecular weight is 947 g/mol. The second kappa shape index (κ2) is 19.6. The number of allylic oxidation sites excluding steroid dienone is 1. The van der Waals surface area contributed by atoms with E-state index in [0.717, 1.165) is 25.7 Å². The van der Waals surface area contributed by atoms with E-state index in [4.69, 9.17) is 28.4 Å². The molecule has 0 aromatic rings. The molecule has 0 bridgehead atoms. The fourth-order valence-electron chi connectivity index (χ4n) is 14.2. The first kappa shape index (κ1) is 52.8. The molecule has 0 amide bonds. The van der Waals surface area contributed by atoms with Gasteiger partial charge in [-0.15, -0.1) is 0 Å². The van der Waals surface area contributed by atoms with Crippen LogP contribution in [0.2, 0.25) is 0 Å². The third-order valence-electron chi connectivity index (χ3n) is 18.5. The van der Waals surface area contributed by atoms with Crippen molar-refractivity contribution in [1.29, 1.82) is 0 Å². The summed E-state index contributed by atoms with van der Waals surface area (Å²) in [5, 5.41) is 128. The number of rotatable bonds is 14. The molecule has 18 heteroatoms. The van der Waals surface area contributed by atoms with Crippen LogP contribution < -0.4 is 0 Å². The van der Waals surface area contributed by atoms with Crippen LogP contribution in [0.25, 0.3) is 0 Å². The van der Waals surface area contributed by atoms with Gasteiger partial charge < -0.3 is 89.7 Å². The molecular formula is C48H82O18. The van der Waals surface area contributed by atoms with Crippen LogP contribution in [0, 0.1) is 45.3 Å². The summed E-state index contributed by atoms with van der Waals surface area (Å²) in [5.74, 6) is 0.598. The van der Waals surface area contributed by atoms with E-state index in [1.165, 1.54) is 5.57 Å². The van der Waals surface area contributed by atoms with Gasteiger partial charge in [-0.05, 0) is 99.7 Å². The van der Waals surface area contributed by atoms with Crippen molar-refractivity contribution in [2.45, 2.75) is 223 Å². The Bertz CT molecular complexity index is 1670. The molecule has 0 radical (unpaired) electrons. The molecule has 7 aliphatic rings. The van der Waals surface area contributed by atoms with Crippen LogP contribution >= 0.6 is 0 Å². The Kier molecular flexibility index (Phi) is 15.7. The summed E-state index contributed by atoms with van der Waals surface area (Å²) in [7, 11) is 0. The first-order chi connectivity index (χ1) is 30.8. The van der Waals surface area contributed by atoms with Crippen molar-refractivity contribution in [1.82, 2.24) is 0 Å². The molecule has 0 aromatic heterocycles. The van der Waals surface area contributed by atoms with E-state index in [1.807, 2.05) is 0 Å². The second-order valence-electron chi connectivity index (χ2n) is 22.9. The Morgan fingerprint density at radius 2 is 1.30 bits per heavy atom. The number of hydrogen-bond donors (Lipinski definition) is 12. The number of aliphatic hydroxyl groups excluding tert-OH is 11. The molecule has 3 saturated carbocycles. The average Bonchev–Trinajstić information content (AvgIpc) is 3.53. The predicted octanol–water partition coefficient (Wildman–Crippen LogP) is -0.0268. The highest BCUT2D eigenvalue weighted by molar-refractivity contribution is 5.32. The van der Waals surface area contributed by atoms with Crippen molar-refractivity contribution in [3.05, 3.63) is 11.6 Å². The molecule has 382 valence electrons. The number of aliphatic hydroxyl groups is 12. The van der Waals surface area contributed by atoms with E-state index in [-0.39, 0.29) is 40.9 Å². The molecular weight excluding hydrogens is 865 g/mol. The summed E-state index contributed by atoms with van der Waals surface area (Å²) in [5.41, 5.74) is -1.52. The lowest BCUT2D eigenvalue weighted by Gasteiger charge is -2.67. The summed E-state index contributed by atoms with van der Waals surface area (Å²) in [6, 6.07) is 0. The molecule has 12 N–H and O–H groups in total. The summed E-state index contributed by atoms with van der Waals surface area (Å²) in [4.78, 5) is 0. The first-order valence-electron chi connectivity index (χ1n) is 24.4. The first-order valence-corrected chi connectivity index (χ1v) is 24.4. The Hall–Kier alpha value is -0.980. The largest absolute Gasteiger partial charge is 0.394 e. The molecule has 66 heavy (non-hydrogen) atoms. The molecule has 4 aliphatic carbocycles. The zero-order chi connectivity index (χ0) is 48.6. The van der Waals surface area contributed by atoms with Gasteiger partial charge in [-0.3, -0.25) is 0 Å². The summed E-state index contributed by atoms with van der Waals surface area (Å²) >= 11 is 0. The van der Waals surface area contributed by atoms with Crippen LogP contribution in [0.15, 0.2) is 11.6 Å². The molecule has 3 aliphatic heterocycles. The zero-order valence-corrected chi connectivity index (χ0v) is 40.0. The molecule has 18 nitrogen and oxygen atoms in total. The quantitative estimate of drug-likeness (QED) is 0.102. The van der Waals surface area contributed by atoms with Gasteiger partial charge in [0.25, 0.3) is 0 Å². The third kappa shape index (κ3) is 9.01. The third-order valence-corrected chi connectivity index (χ3v) is 18.5. The van der Waals surface area contributed by atoms with Gasteiger partial charge in [0, 0.05) is 17.3 Å². The van der Waals surface area contributed by atoms with Gasteiger partial charge >= 0.3 is 0 Å². The summed E-state index contributed by atoms with van der Waals surface area (Å²) < 4.78 is 36.3. The van der Waals surface area contributed by atoms with Gasteiger partial charge in [0.15, 0.2) is 18.9 Å². The molecule has 0 aromatic carbocycles. The molecule has 3 saturated heterocycles. The van der Waals surface area contributed by atoms with Crippen molar-refractivity contribution < 1.29 is 89.7 Å². The van der Waals surface area contributed by atoms with Crippen molar-refractivity contribution in [3.63, 3.8) is 0 Å². The van der Waals surface area contributed by atoms with Crippen LogP contribution in [-0.2, 0) is 28.4 Å². The lowest BCUT2D eigenvalue weighted by molar-refractivity contribution is -0.364. The van der Waals surface area contributed by atoms with E-state index < -0.39 is 141 Å². The van der Waals surface area contributed by atoms with Crippen LogP contribution in [0.4, 0.5) is 0 Å². The number of fused-ring (bicyclic) bond motifs is 5. The van der Waals surface area contributed by atoms with Gasteiger partial charge in [-0.1, -0.05) is 53.2 Å². The van der Waals surface area contributed by atoms with E-state index in [2.05, 4.69) is 47.6 Å². The SMILES string of the molecule is C[C@H](CC[C@@H](O[C@@H]1O[C@H](CO)C[C@H](O)[C@H]1O[C@@H]1O[C@H](CO)[C@@H](O)[C@H](O)[C@H]1O)C(C)(C)O)C1CC[C@@]2(C)C3CC=C4C(CC[C@H](O[C@@H]5O[C@H](CO)[C@@H](O)[C@H](O)[C@H]5O)C4(C)C)[C@]3(C)[C@H](O)C[C@]12C. The summed E-state index contributed by atoms with van der Waals surface area (Å²) in [6.45, 7) is 15.0. The van der Waals surface area contributed by atoms with Gasteiger partial charge in [0.05, 0.1) is 55.9 Å². The maximum atomic E-state index is 12.6. The Labute approximate surface area is 388 Å². The fourth-order valence-corrected chi connectivity index (χ4v) is 14.2. The lowest BCUT2D eigenvalue weighted by atomic mass is 9.38. The maximum Gasteiger partial charge on any atom is 0.187 e.